The van der Waals surface area contributed by atoms with Crippen LogP contribution in [-0.4, -0.2) is 60.4 Å². The molecule has 1 heterocycles. The van der Waals surface area contributed by atoms with Gasteiger partial charge in [-0.2, -0.15) is 0 Å². The van der Waals surface area contributed by atoms with Crippen LogP contribution >= 0.6 is 11.6 Å². The summed E-state index contributed by atoms with van der Waals surface area (Å²) < 4.78 is 5.75. The number of ether oxygens (including phenoxy) is 1. The van der Waals surface area contributed by atoms with Crippen molar-refractivity contribution in [2.24, 2.45) is 0 Å². The third-order valence-electron chi connectivity index (χ3n) is 5.09. The maximum Gasteiger partial charge on any atom is 0.295 e. The van der Waals surface area contributed by atoms with Crippen molar-refractivity contribution in [2.45, 2.75) is 19.4 Å². The molecule has 0 aliphatic carbocycles. The number of nitrogens with zero attached hydrogens (tertiary/aromatic N) is 2. The van der Waals surface area contributed by atoms with Gasteiger partial charge in [0.05, 0.1) is 18.2 Å². The SMILES string of the molecule is CCCOc1cccc([C@H]2C(=C(O)c3ccc(Cl)cc3)C(=O)C(=O)N2CCN(C)C)c1. The third-order valence-corrected chi connectivity index (χ3v) is 5.34. The average Bonchev–Trinajstić information content (AvgIpc) is 3.01. The number of aliphatic hydroxyl groups is 1. The Balaban J connectivity index is 2.11. The first-order valence-electron chi connectivity index (χ1n) is 10.2. The normalized spacial score (nSPS) is 18.1. The van der Waals surface area contributed by atoms with Crippen LogP contribution in [0.4, 0.5) is 0 Å². The van der Waals surface area contributed by atoms with Gasteiger partial charge in [0.25, 0.3) is 11.7 Å². The fourth-order valence-corrected chi connectivity index (χ4v) is 3.65. The lowest BCUT2D eigenvalue weighted by Crippen LogP contribution is -2.35. The second-order valence-electron chi connectivity index (χ2n) is 7.72. The fourth-order valence-electron chi connectivity index (χ4n) is 3.52. The number of benzene rings is 2. The highest BCUT2D eigenvalue weighted by Gasteiger charge is 2.46. The maximum atomic E-state index is 13.0. The first-order valence-corrected chi connectivity index (χ1v) is 10.6. The molecule has 0 spiro atoms. The van der Waals surface area contributed by atoms with E-state index in [4.69, 9.17) is 16.3 Å². The lowest BCUT2D eigenvalue weighted by molar-refractivity contribution is -0.140. The van der Waals surface area contributed by atoms with Gasteiger partial charge in [0.1, 0.15) is 11.5 Å². The molecule has 2 aromatic rings. The van der Waals surface area contributed by atoms with Gasteiger partial charge in [0.15, 0.2) is 0 Å². The highest BCUT2D eigenvalue weighted by atomic mass is 35.5. The maximum absolute atomic E-state index is 13.0. The van der Waals surface area contributed by atoms with Crippen molar-refractivity contribution in [1.82, 2.24) is 9.80 Å². The summed E-state index contributed by atoms with van der Waals surface area (Å²) >= 11 is 5.96. The standard InChI is InChI=1S/C24H27ClN2O4/c1-4-14-31-19-7-5-6-17(15-19)21-20(22(28)16-8-10-18(25)11-9-16)23(29)24(30)27(21)13-12-26(2)3/h5-11,15,21,28H,4,12-14H2,1-3H3/t21-/m0/s1. The molecular weight excluding hydrogens is 416 g/mol. The molecule has 1 atom stereocenters. The van der Waals surface area contributed by atoms with Crippen molar-refractivity contribution in [3.8, 4) is 5.75 Å². The summed E-state index contributed by atoms with van der Waals surface area (Å²) in [6.07, 6.45) is 0.863. The quantitative estimate of drug-likeness (QED) is 0.378. The molecule has 1 fully saturated rings. The van der Waals surface area contributed by atoms with Crippen LogP contribution in [0.3, 0.4) is 0 Å². The Labute approximate surface area is 187 Å². The fraction of sp³-hybridized carbons (Fsp3) is 0.333. The molecule has 7 heteroatoms. The number of hydrogen-bond acceptors (Lipinski definition) is 5. The average molecular weight is 443 g/mol. The molecule has 0 saturated carbocycles. The number of Topliss-reactive ketones (excluding diaryl/α,β-unsaturated/α-hetero) is 1. The van der Waals surface area contributed by atoms with E-state index < -0.39 is 17.7 Å². The van der Waals surface area contributed by atoms with Gasteiger partial charge < -0.3 is 19.6 Å². The van der Waals surface area contributed by atoms with E-state index in [2.05, 4.69) is 0 Å². The van der Waals surface area contributed by atoms with Crippen molar-refractivity contribution < 1.29 is 19.4 Å². The molecule has 1 saturated heterocycles. The summed E-state index contributed by atoms with van der Waals surface area (Å²) in [5, 5.41) is 11.5. The summed E-state index contributed by atoms with van der Waals surface area (Å²) in [6, 6.07) is 13.1. The minimum Gasteiger partial charge on any atom is -0.507 e. The van der Waals surface area contributed by atoms with Crippen LogP contribution in [0.5, 0.6) is 5.75 Å². The minimum atomic E-state index is -0.708. The number of amides is 1. The van der Waals surface area contributed by atoms with Gasteiger partial charge >= 0.3 is 0 Å². The zero-order valence-corrected chi connectivity index (χ0v) is 18.7. The van der Waals surface area contributed by atoms with Gasteiger partial charge in [-0.05, 0) is 62.5 Å². The van der Waals surface area contributed by atoms with Gasteiger partial charge in [-0.25, -0.2) is 0 Å². The first kappa shape index (κ1) is 22.8. The second-order valence-corrected chi connectivity index (χ2v) is 8.16. The Kier molecular flexibility index (Phi) is 7.36. The second kappa shape index (κ2) is 9.98. The Morgan fingerprint density at radius 2 is 1.87 bits per heavy atom. The van der Waals surface area contributed by atoms with Gasteiger partial charge in [-0.15, -0.1) is 0 Å². The molecule has 0 aromatic heterocycles. The Morgan fingerprint density at radius 1 is 1.16 bits per heavy atom. The van der Waals surface area contributed by atoms with Crippen molar-refractivity contribution in [1.29, 1.82) is 0 Å². The number of hydrogen-bond donors (Lipinski definition) is 1. The van der Waals surface area contributed by atoms with Crippen molar-refractivity contribution in [2.75, 3.05) is 33.8 Å². The molecule has 1 aliphatic heterocycles. The number of likely N-dealkylation sites (tertiary alicyclic amines) is 1. The highest BCUT2D eigenvalue weighted by molar-refractivity contribution is 6.46. The lowest BCUT2D eigenvalue weighted by Gasteiger charge is -2.27. The number of aliphatic hydroxyl groups excluding tert-OH is 1. The Bertz CT molecular complexity index is 985. The number of ketones is 1. The molecule has 1 aliphatic rings. The van der Waals surface area contributed by atoms with E-state index in [0.29, 0.717) is 41.6 Å². The predicted molar refractivity (Wildman–Crippen MR) is 121 cm³/mol. The Hall–Kier alpha value is -2.83. The molecule has 0 bridgehead atoms. The summed E-state index contributed by atoms with van der Waals surface area (Å²) in [6.45, 7) is 3.51. The molecule has 0 unspecified atom stereocenters. The molecule has 1 amide bonds. The number of likely N-dealkylation sites (N-methyl/N-ethyl adjacent to an activating group) is 1. The number of carbonyl (C=O) groups excluding carboxylic acids is 2. The van der Waals surface area contributed by atoms with Crippen molar-refractivity contribution >= 4 is 29.1 Å². The van der Waals surface area contributed by atoms with Crippen LogP contribution < -0.4 is 4.74 Å². The van der Waals surface area contributed by atoms with E-state index >= 15 is 0 Å². The van der Waals surface area contributed by atoms with Crippen molar-refractivity contribution in [3.63, 3.8) is 0 Å². The number of carbonyl (C=O) groups is 2. The summed E-state index contributed by atoms with van der Waals surface area (Å²) in [4.78, 5) is 29.4. The smallest absolute Gasteiger partial charge is 0.295 e. The predicted octanol–water partition coefficient (Wildman–Crippen LogP) is 4.11. The minimum absolute atomic E-state index is 0.0683. The van der Waals surface area contributed by atoms with Gasteiger partial charge in [0.2, 0.25) is 0 Å². The molecule has 1 N–H and O–H groups in total. The molecular formula is C24H27ClN2O4. The van der Waals surface area contributed by atoms with E-state index in [9.17, 15) is 14.7 Å². The van der Waals surface area contributed by atoms with Crippen LogP contribution in [0, 0.1) is 0 Å². The molecule has 6 nitrogen and oxygen atoms in total. The topological polar surface area (TPSA) is 70.1 Å². The number of rotatable bonds is 8. The van der Waals surface area contributed by atoms with E-state index in [-0.39, 0.29) is 11.3 Å². The van der Waals surface area contributed by atoms with Crippen LogP contribution in [0.2, 0.25) is 5.02 Å². The Morgan fingerprint density at radius 3 is 2.52 bits per heavy atom. The first-order chi connectivity index (χ1) is 14.8. The van der Waals surface area contributed by atoms with E-state index in [0.717, 1.165) is 6.42 Å². The van der Waals surface area contributed by atoms with Crippen LogP contribution in [0.1, 0.15) is 30.5 Å². The van der Waals surface area contributed by atoms with Gasteiger partial charge in [-0.1, -0.05) is 30.7 Å². The van der Waals surface area contributed by atoms with Gasteiger partial charge in [0, 0.05) is 23.7 Å². The molecule has 3 rings (SSSR count). The van der Waals surface area contributed by atoms with Crippen LogP contribution in [0.25, 0.3) is 5.76 Å². The zero-order chi connectivity index (χ0) is 22.5. The summed E-state index contributed by atoms with van der Waals surface area (Å²) in [7, 11) is 3.80. The third kappa shape index (κ3) is 5.09. The summed E-state index contributed by atoms with van der Waals surface area (Å²) in [5.74, 6) is -0.880. The number of halogens is 1. The zero-order valence-electron chi connectivity index (χ0n) is 18.0. The molecule has 31 heavy (non-hydrogen) atoms. The molecule has 0 radical (unpaired) electrons. The van der Waals surface area contributed by atoms with E-state index in [1.807, 2.05) is 50.2 Å². The summed E-state index contributed by atoms with van der Waals surface area (Å²) in [5.41, 5.74) is 1.21. The lowest BCUT2D eigenvalue weighted by atomic mass is 9.95. The molecule has 164 valence electrons. The molecule has 2 aromatic carbocycles. The monoisotopic (exact) mass is 442 g/mol. The highest BCUT2D eigenvalue weighted by Crippen LogP contribution is 2.40. The largest absolute Gasteiger partial charge is 0.507 e. The van der Waals surface area contributed by atoms with Crippen LogP contribution in [0.15, 0.2) is 54.1 Å². The van der Waals surface area contributed by atoms with E-state index in [1.54, 1.807) is 24.3 Å². The van der Waals surface area contributed by atoms with Gasteiger partial charge in [-0.3, -0.25) is 9.59 Å². The van der Waals surface area contributed by atoms with Crippen LogP contribution in [-0.2, 0) is 9.59 Å². The van der Waals surface area contributed by atoms with E-state index in [1.165, 1.54) is 4.90 Å². The van der Waals surface area contributed by atoms with Crippen molar-refractivity contribution in [3.05, 3.63) is 70.3 Å².